The number of carboxylic acid groups (broad SMARTS) is 1. The van der Waals surface area contributed by atoms with Crippen molar-refractivity contribution in [2.45, 2.75) is 19.8 Å². The van der Waals surface area contributed by atoms with Crippen molar-refractivity contribution in [3.8, 4) is 11.5 Å². The van der Waals surface area contributed by atoms with Gasteiger partial charge >= 0.3 is 5.97 Å². The number of hydrogen-bond donors (Lipinski definition) is 1. The van der Waals surface area contributed by atoms with E-state index in [2.05, 4.69) is 34.8 Å². The van der Waals surface area contributed by atoms with Crippen LogP contribution in [0.1, 0.15) is 35.7 Å². The summed E-state index contributed by atoms with van der Waals surface area (Å²) in [5.74, 6) is 0.141. The molecular formula is C15H14BrNO3. The largest absolute Gasteiger partial charge is 0.477 e. The molecular weight excluding hydrogens is 322 g/mol. The summed E-state index contributed by atoms with van der Waals surface area (Å²) in [6.07, 6.45) is 2.79. The standard InChI is InChI=1S/C15H14BrNO3/c1-9(2)11-7-10(16)3-4-13(11)20-14-5-6-17-8-12(14)15(18)19/h3-9H,1-2H3,(H,18,19). The SMILES string of the molecule is CC(C)c1cc(Br)ccc1Oc1ccncc1C(=O)O. The molecule has 5 heteroatoms. The van der Waals surface area contributed by atoms with Gasteiger partial charge in [0.25, 0.3) is 0 Å². The second kappa shape index (κ2) is 6.05. The average molecular weight is 336 g/mol. The summed E-state index contributed by atoms with van der Waals surface area (Å²) in [6, 6.07) is 7.21. The number of benzene rings is 1. The summed E-state index contributed by atoms with van der Waals surface area (Å²) in [5, 5.41) is 9.14. The van der Waals surface area contributed by atoms with Crippen LogP contribution in [0.2, 0.25) is 0 Å². The van der Waals surface area contributed by atoms with Crippen molar-refractivity contribution in [1.82, 2.24) is 4.98 Å². The molecule has 0 amide bonds. The summed E-state index contributed by atoms with van der Waals surface area (Å²) >= 11 is 3.43. The maximum atomic E-state index is 11.2. The topological polar surface area (TPSA) is 59.4 Å². The summed E-state index contributed by atoms with van der Waals surface area (Å²) in [7, 11) is 0. The molecule has 1 heterocycles. The van der Waals surface area contributed by atoms with Gasteiger partial charge in [0.15, 0.2) is 0 Å². The summed E-state index contributed by atoms with van der Waals surface area (Å²) in [5.41, 5.74) is 1.05. The van der Waals surface area contributed by atoms with Gasteiger partial charge in [0.2, 0.25) is 0 Å². The fourth-order valence-electron chi connectivity index (χ4n) is 1.81. The molecule has 104 valence electrons. The van der Waals surface area contributed by atoms with Gasteiger partial charge in [-0.1, -0.05) is 29.8 Å². The highest BCUT2D eigenvalue weighted by Crippen LogP contribution is 2.33. The van der Waals surface area contributed by atoms with E-state index in [1.165, 1.54) is 12.4 Å². The Morgan fingerprint density at radius 1 is 1.30 bits per heavy atom. The van der Waals surface area contributed by atoms with Gasteiger partial charge < -0.3 is 9.84 Å². The Labute approximate surface area is 125 Å². The molecule has 0 radical (unpaired) electrons. The first kappa shape index (κ1) is 14.5. The Balaban J connectivity index is 2.43. The van der Waals surface area contributed by atoms with E-state index in [9.17, 15) is 4.79 Å². The first-order valence-electron chi connectivity index (χ1n) is 6.13. The minimum atomic E-state index is -1.06. The van der Waals surface area contributed by atoms with E-state index in [0.29, 0.717) is 5.75 Å². The lowest BCUT2D eigenvalue weighted by Gasteiger charge is -2.15. The number of aromatic carboxylic acids is 1. The van der Waals surface area contributed by atoms with E-state index in [0.717, 1.165) is 10.0 Å². The van der Waals surface area contributed by atoms with Gasteiger partial charge in [0.05, 0.1) is 0 Å². The number of rotatable bonds is 4. The van der Waals surface area contributed by atoms with Crippen molar-refractivity contribution in [3.63, 3.8) is 0 Å². The number of hydrogen-bond acceptors (Lipinski definition) is 3. The predicted molar refractivity (Wildman–Crippen MR) is 79.5 cm³/mol. The lowest BCUT2D eigenvalue weighted by molar-refractivity contribution is 0.0693. The minimum absolute atomic E-state index is 0.0464. The van der Waals surface area contributed by atoms with E-state index in [1.54, 1.807) is 6.07 Å². The quantitative estimate of drug-likeness (QED) is 0.896. The minimum Gasteiger partial charge on any atom is -0.477 e. The second-order valence-electron chi connectivity index (χ2n) is 4.62. The molecule has 0 spiro atoms. The molecule has 0 bridgehead atoms. The molecule has 1 aromatic heterocycles. The van der Waals surface area contributed by atoms with E-state index < -0.39 is 5.97 Å². The normalized spacial score (nSPS) is 10.6. The Morgan fingerprint density at radius 3 is 2.70 bits per heavy atom. The lowest BCUT2D eigenvalue weighted by atomic mass is 10.0. The van der Waals surface area contributed by atoms with Crippen LogP contribution in [0.4, 0.5) is 0 Å². The third kappa shape index (κ3) is 3.17. The van der Waals surface area contributed by atoms with Crippen molar-refractivity contribution in [3.05, 3.63) is 52.3 Å². The molecule has 0 unspecified atom stereocenters. The van der Waals surface area contributed by atoms with Gasteiger partial charge in [0, 0.05) is 22.9 Å². The number of pyridine rings is 1. The molecule has 2 rings (SSSR count). The van der Waals surface area contributed by atoms with Crippen LogP contribution in [0.25, 0.3) is 0 Å². The van der Waals surface area contributed by atoms with E-state index in [4.69, 9.17) is 9.84 Å². The Morgan fingerprint density at radius 2 is 2.05 bits per heavy atom. The first-order valence-corrected chi connectivity index (χ1v) is 6.93. The molecule has 0 saturated carbocycles. The fraction of sp³-hybridized carbons (Fsp3) is 0.200. The molecule has 1 aromatic carbocycles. The summed E-state index contributed by atoms with van der Waals surface area (Å²) in [6.45, 7) is 4.11. The molecule has 4 nitrogen and oxygen atoms in total. The molecule has 1 N–H and O–H groups in total. The van der Waals surface area contributed by atoms with Crippen LogP contribution in [-0.4, -0.2) is 16.1 Å². The van der Waals surface area contributed by atoms with Crippen LogP contribution < -0.4 is 4.74 Å². The Kier molecular flexibility index (Phi) is 4.39. The number of nitrogens with zero attached hydrogens (tertiary/aromatic N) is 1. The van der Waals surface area contributed by atoms with Gasteiger partial charge in [-0.25, -0.2) is 4.79 Å². The van der Waals surface area contributed by atoms with Gasteiger partial charge in [-0.05, 0) is 29.7 Å². The molecule has 0 atom stereocenters. The number of halogens is 1. The molecule has 20 heavy (non-hydrogen) atoms. The molecule has 0 aliphatic heterocycles. The molecule has 0 aliphatic carbocycles. The van der Waals surface area contributed by atoms with Crippen molar-refractivity contribution in [2.24, 2.45) is 0 Å². The van der Waals surface area contributed by atoms with Crippen molar-refractivity contribution < 1.29 is 14.6 Å². The Bertz CT molecular complexity index is 641. The van der Waals surface area contributed by atoms with Gasteiger partial charge in [-0.2, -0.15) is 0 Å². The van der Waals surface area contributed by atoms with Crippen LogP contribution in [-0.2, 0) is 0 Å². The smallest absolute Gasteiger partial charge is 0.341 e. The van der Waals surface area contributed by atoms with Crippen molar-refractivity contribution in [2.75, 3.05) is 0 Å². The van der Waals surface area contributed by atoms with Crippen molar-refractivity contribution in [1.29, 1.82) is 0 Å². The average Bonchev–Trinajstić information content (AvgIpc) is 2.41. The zero-order valence-electron chi connectivity index (χ0n) is 11.1. The molecule has 0 aliphatic rings. The maximum Gasteiger partial charge on any atom is 0.341 e. The number of carbonyl (C=O) groups is 1. The predicted octanol–water partition coefficient (Wildman–Crippen LogP) is 4.46. The highest BCUT2D eigenvalue weighted by Gasteiger charge is 2.15. The van der Waals surface area contributed by atoms with E-state index in [1.807, 2.05) is 18.2 Å². The summed E-state index contributed by atoms with van der Waals surface area (Å²) < 4.78 is 6.74. The lowest BCUT2D eigenvalue weighted by Crippen LogP contribution is -2.02. The second-order valence-corrected chi connectivity index (χ2v) is 5.53. The van der Waals surface area contributed by atoms with Gasteiger partial charge in [-0.3, -0.25) is 4.98 Å². The highest BCUT2D eigenvalue weighted by molar-refractivity contribution is 9.10. The Hall–Kier alpha value is -1.88. The monoisotopic (exact) mass is 335 g/mol. The zero-order valence-corrected chi connectivity index (χ0v) is 12.7. The first-order chi connectivity index (χ1) is 9.49. The van der Waals surface area contributed by atoms with Crippen LogP contribution >= 0.6 is 15.9 Å². The zero-order chi connectivity index (χ0) is 14.7. The number of aromatic nitrogens is 1. The molecule has 0 fully saturated rings. The summed E-state index contributed by atoms with van der Waals surface area (Å²) in [4.78, 5) is 15.0. The van der Waals surface area contributed by atoms with E-state index in [-0.39, 0.29) is 17.2 Å². The molecule has 2 aromatic rings. The number of ether oxygens (including phenoxy) is 1. The van der Waals surface area contributed by atoms with Crippen LogP contribution in [0.15, 0.2) is 41.1 Å². The van der Waals surface area contributed by atoms with Crippen molar-refractivity contribution >= 4 is 21.9 Å². The fourth-order valence-corrected chi connectivity index (χ4v) is 2.19. The maximum absolute atomic E-state index is 11.2. The third-order valence-electron chi connectivity index (χ3n) is 2.83. The van der Waals surface area contributed by atoms with Crippen LogP contribution in [0, 0.1) is 0 Å². The van der Waals surface area contributed by atoms with Gasteiger partial charge in [0.1, 0.15) is 17.1 Å². The molecule has 0 saturated heterocycles. The number of carboxylic acids is 1. The third-order valence-corrected chi connectivity index (χ3v) is 3.32. The van der Waals surface area contributed by atoms with Crippen LogP contribution in [0.5, 0.6) is 11.5 Å². The van der Waals surface area contributed by atoms with Crippen LogP contribution in [0.3, 0.4) is 0 Å². The van der Waals surface area contributed by atoms with Gasteiger partial charge in [-0.15, -0.1) is 0 Å². The highest BCUT2D eigenvalue weighted by atomic mass is 79.9. The van der Waals surface area contributed by atoms with E-state index >= 15 is 0 Å².